The summed E-state index contributed by atoms with van der Waals surface area (Å²) in [5.74, 6) is 0.899. The van der Waals surface area contributed by atoms with Crippen molar-refractivity contribution < 1.29 is 17.9 Å². The smallest absolute Gasteiger partial charge is 0.240 e. The van der Waals surface area contributed by atoms with Gasteiger partial charge in [-0.3, -0.25) is 4.90 Å². The van der Waals surface area contributed by atoms with Crippen LogP contribution in [-0.4, -0.2) is 51.2 Å². The van der Waals surface area contributed by atoms with E-state index in [9.17, 15) is 8.42 Å². The molecule has 0 aliphatic carbocycles. The summed E-state index contributed by atoms with van der Waals surface area (Å²) in [5.41, 5.74) is 4.50. The third-order valence-corrected chi connectivity index (χ3v) is 9.01. The Hall–Kier alpha value is -2.39. The average molecular weight is 484 g/mol. The van der Waals surface area contributed by atoms with E-state index in [1.54, 1.807) is 19.2 Å². The molecule has 2 atom stereocenters. The second-order valence-corrected chi connectivity index (χ2v) is 11.4. The molecule has 0 bridgehead atoms. The van der Waals surface area contributed by atoms with Crippen LogP contribution < -0.4 is 9.46 Å². The van der Waals surface area contributed by atoms with Crippen LogP contribution in [0.25, 0.3) is 10.9 Å². The number of methoxy groups -OCH3 is 1. The number of sulfonamides is 1. The van der Waals surface area contributed by atoms with Gasteiger partial charge in [0.05, 0.1) is 17.6 Å². The van der Waals surface area contributed by atoms with Gasteiger partial charge in [0.15, 0.2) is 0 Å². The zero-order valence-corrected chi connectivity index (χ0v) is 20.9. The van der Waals surface area contributed by atoms with Crippen molar-refractivity contribution in [2.75, 3.05) is 27.3 Å². The van der Waals surface area contributed by atoms with E-state index in [1.807, 2.05) is 18.3 Å². The van der Waals surface area contributed by atoms with Gasteiger partial charge in [0, 0.05) is 48.4 Å². The second-order valence-electron chi connectivity index (χ2n) is 9.49. The SMILES string of the molecule is CNS(=O)(=O)c1ccc([C@@H]2CC3(CCCO3)CCN2Cc2c(OC)cc(C)c3[nH]ccc23)cc1. The van der Waals surface area contributed by atoms with E-state index in [0.717, 1.165) is 67.8 Å². The van der Waals surface area contributed by atoms with E-state index in [2.05, 4.69) is 33.7 Å². The number of H-pyrrole nitrogens is 1. The van der Waals surface area contributed by atoms with Gasteiger partial charge in [0.1, 0.15) is 5.75 Å². The monoisotopic (exact) mass is 483 g/mol. The van der Waals surface area contributed by atoms with Crippen molar-refractivity contribution in [3.63, 3.8) is 0 Å². The molecule has 3 aromatic rings. The van der Waals surface area contributed by atoms with Crippen LogP contribution in [0, 0.1) is 6.92 Å². The first kappa shape index (κ1) is 23.4. The van der Waals surface area contributed by atoms with Crippen LogP contribution >= 0.6 is 0 Å². The highest BCUT2D eigenvalue weighted by atomic mass is 32.2. The van der Waals surface area contributed by atoms with Gasteiger partial charge in [-0.2, -0.15) is 0 Å². The molecule has 3 heterocycles. The third kappa shape index (κ3) is 4.13. The summed E-state index contributed by atoms with van der Waals surface area (Å²) in [6.07, 6.45) is 6.06. The molecule has 8 heteroatoms. The largest absolute Gasteiger partial charge is 0.496 e. The minimum Gasteiger partial charge on any atom is -0.496 e. The number of aromatic nitrogens is 1. The number of fused-ring (bicyclic) bond motifs is 1. The molecule has 0 radical (unpaired) electrons. The maximum absolute atomic E-state index is 12.2. The third-order valence-electron chi connectivity index (χ3n) is 7.58. The molecule has 2 N–H and O–H groups in total. The number of hydrogen-bond donors (Lipinski definition) is 2. The number of aryl methyl sites for hydroxylation is 1. The van der Waals surface area contributed by atoms with Crippen molar-refractivity contribution in [1.82, 2.24) is 14.6 Å². The summed E-state index contributed by atoms with van der Waals surface area (Å²) in [6.45, 7) is 4.57. The van der Waals surface area contributed by atoms with Crippen molar-refractivity contribution in [3.8, 4) is 5.75 Å². The van der Waals surface area contributed by atoms with E-state index in [1.165, 1.54) is 18.0 Å². The van der Waals surface area contributed by atoms with Gasteiger partial charge >= 0.3 is 0 Å². The van der Waals surface area contributed by atoms with Crippen LogP contribution in [0.3, 0.4) is 0 Å². The number of likely N-dealkylation sites (tertiary alicyclic amines) is 1. The molecular weight excluding hydrogens is 450 g/mol. The van der Waals surface area contributed by atoms with Crippen molar-refractivity contribution >= 4 is 20.9 Å². The molecule has 1 aromatic heterocycles. The van der Waals surface area contributed by atoms with Gasteiger partial charge in [-0.15, -0.1) is 0 Å². The predicted octanol–water partition coefficient (Wildman–Crippen LogP) is 4.28. The fraction of sp³-hybridized carbons (Fsp3) is 0.462. The lowest BCUT2D eigenvalue weighted by atomic mass is 9.81. The molecule has 7 nitrogen and oxygen atoms in total. The molecule has 1 spiro atoms. The molecule has 2 aromatic carbocycles. The number of benzene rings is 2. The molecule has 1 unspecified atom stereocenters. The highest BCUT2D eigenvalue weighted by Crippen LogP contribution is 2.45. The van der Waals surface area contributed by atoms with E-state index < -0.39 is 10.0 Å². The number of piperidine rings is 1. The topological polar surface area (TPSA) is 83.7 Å². The molecule has 2 aliphatic rings. The number of hydrogen-bond acceptors (Lipinski definition) is 5. The maximum Gasteiger partial charge on any atom is 0.240 e. The van der Waals surface area contributed by atoms with Crippen molar-refractivity contribution in [3.05, 3.63) is 59.3 Å². The minimum atomic E-state index is -3.47. The second kappa shape index (κ2) is 9.00. The molecular formula is C26H33N3O4S. The Labute approximate surface area is 201 Å². The molecule has 2 saturated heterocycles. The zero-order chi connectivity index (χ0) is 23.9. The van der Waals surface area contributed by atoms with Gasteiger partial charge in [-0.25, -0.2) is 13.1 Å². The summed E-state index contributed by atoms with van der Waals surface area (Å²) in [6, 6.07) is 11.7. The summed E-state index contributed by atoms with van der Waals surface area (Å²) in [4.78, 5) is 6.14. The van der Waals surface area contributed by atoms with Crippen molar-refractivity contribution in [2.24, 2.45) is 0 Å². The first-order chi connectivity index (χ1) is 16.4. The van der Waals surface area contributed by atoms with Crippen LogP contribution in [0.5, 0.6) is 5.75 Å². The number of rotatable bonds is 6. The quantitative estimate of drug-likeness (QED) is 0.547. The summed E-state index contributed by atoms with van der Waals surface area (Å²) >= 11 is 0. The van der Waals surface area contributed by atoms with Gasteiger partial charge in [-0.1, -0.05) is 12.1 Å². The van der Waals surface area contributed by atoms with Crippen molar-refractivity contribution in [1.29, 1.82) is 0 Å². The summed E-state index contributed by atoms with van der Waals surface area (Å²) in [5, 5.41) is 1.18. The van der Waals surface area contributed by atoms with Crippen molar-refractivity contribution in [2.45, 2.75) is 55.7 Å². The number of ether oxygens (including phenoxy) is 2. The fourth-order valence-electron chi connectivity index (χ4n) is 5.69. The minimum absolute atomic E-state index is 0.0857. The van der Waals surface area contributed by atoms with Crippen LogP contribution in [0.1, 0.15) is 48.4 Å². The molecule has 34 heavy (non-hydrogen) atoms. The summed E-state index contributed by atoms with van der Waals surface area (Å²) in [7, 11) is -0.306. The fourth-order valence-corrected chi connectivity index (χ4v) is 6.42. The molecule has 2 fully saturated rings. The van der Waals surface area contributed by atoms with Crippen LogP contribution in [0.2, 0.25) is 0 Å². The number of nitrogens with one attached hydrogen (secondary N) is 2. The Balaban J connectivity index is 1.52. The van der Waals surface area contributed by atoms with Gasteiger partial charge in [0.2, 0.25) is 10.0 Å². The number of nitrogens with zero attached hydrogens (tertiary/aromatic N) is 1. The molecule has 0 saturated carbocycles. The van der Waals surface area contributed by atoms with Gasteiger partial charge in [0.25, 0.3) is 0 Å². The Morgan fingerprint density at radius 1 is 1.24 bits per heavy atom. The van der Waals surface area contributed by atoms with Gasteiger partial charge < -0.3 is 14.5 Å². The highest BCUT2D eigenvalue weighted by molar-refractivity contribution is 7.89. The molecule has 2 aliphatic heterocycles. The average Bonchev–Trinajstić information content (AvgIpc) is 3.52. The lowest BCUT2D eigenvalue weighted by Crippen LogP contribution is -2.45. The zero-order valence-electron chi connectivity index (χ0n) is 20.1. The number of aromatic amines is 1. The molecule has 5 rings (SSSR count). The lowest BCUT2D eigenvalue weighted by Gasteiger charge is -2.45. The first-order valence-corrected chi connectivity index (χ1v) is 13.4. The predicted molar refractivity (Wildman–Crippen MR) is 133 cm³/mol. The van der Waals surface area contributed by atoms with E-state index in [4.69, 9.17) is 9.47 Å². The standard InChI is InChI=1S/C26H33N3O4S/c1-18-15-24(32-3)22(21-9-12-28-25(18)21)17-29-13-11-26(10-4-14-33-26)16-23(29)19-5-7-20(8-6-19)34(30,31)27-2/h5-9,12,15,23,27-28H,4,10-11,13-14,16-17H2,1-3H3/t23-,26?/m0/s1. The Kier molecular flexibility index (Phi) is 6.18. The van der Waals surface area contributed by atoms with Crippen LogP contribution in [0.15, 0.2) is 47.5 Å². The van der Waals surface area contributed by atoms with E-state index >= 15 is 0 Å². The van der Waals surface area contributed by atoms with E-state index in [-0.39, 0.29) is 16.5 Å². The Morgan fingerprint density at radius 2 is 2.03 bits per heavy atom. The van der Waals surface area contributed by atoms with E-state index in [0.29, 0.717) is 0 Å². The first-order valence-electron chi connectivity index (χ1n) is 11.9. The summed E-state index contributed by atoms with van der Waals surface area (Å²) < 4.78 is 39.0. The Bertz CT molecular complexity index is 1280. The normalized spacial score (nSPS) is 23.7. The molecule has 182 valence electrons. The van der Waals surface area contributed by atoms with Gasteiger partial charge in [-0.05, 0) is 75.0 Å². The van der Waals surface area contributed by atoms with Crippen LogP contribution in [-0.2, 0) is 21.3 Å². The maximum atomic E-state index is 12.2. The lowest BCUT2D eigenvalue weighted by molar-refractivity contribution is -0.0676. The Morgan fingerprint density at radius 3 is 2.71 bits per heavy atom. The highest BCUT2D eigenvalue weighted by Gasteiger charge is 2.43. The van der Waals surface area contributed by atoms with Crippen LogP contribution in [0.4, 0.5) is 0 Å². The molecule has 0 amide bonds.